The number of para-hydroxylation sites is 1. The van der Waals surface area contributed by atoms with E-state index < -0.39 is 0 Å². The number of anilines is 1. The Labute approximate surface area is 199 Å². The molecule has 0 saturated carbocycles. The second kappa shape index (κ2) is 11.0. The van der Waals surface area contributed by atoms with E-state index in [1.165, 1.54) is 22.9 Å². The molecule has 0 saturated heterocycles. The van der Waals surface area contributed by atoms with Crippen molar-refractivity contribution in [3.63, 3.8) is 0 Å². The molecule has 4 aromatic rings. The maximum atomic E-state index is 12.7. The Balaban J connectivity index is 1.56. The normalized spacial score (nSPS) is 10.8. The van der Waals surface area contributed by atoms with Gasteiger partial charge in [-0.1, -0.05) is 86.3 Å². The van der Waals surface area contributed by atoms with Crippen molar-refractivity contribution in [3.8, 4) is 5.69 Å². The van der Waals surface area contributed by atoms with Gasteiger partial charge in [-0.05, 0) is 47.7 Å². The molecule has 1 amide bonds. The van der Waals surface area contributed by atoms with E-state index in [0.717, 1.165) is 35.6 Å². The first-order chi connectivity index (χ1) is 16.2. The number of hydrogen-bond acceptors (Lipinski definition) is 4. The van der Waals surface area contributed by atoms with Crippen LogP contribution in [0.2, 0.25) is 0 Å². The van der Waals surface area contributed by atoms with Gasteiger partial charge in [-0.15, -0.1) is 10.2 Å². The van der Waals surface area contributed by atoms with E-state index in [1.807, 2.05) is 42.5 Å². The number of amides is 1. The third-order valence-corrected chi connectivity index (χ3v) is 6.44. The number of aryl methyl sites for hydroxylation is 2. The molecule has 1 aromatic heterocycles. The molecule has 0 spiro atoms. The van der Waals surface area contributed by atoms with Gasteiger partial charge in [-0.25, -0.2) is 0 Å². The van der Waals surface area contributed by atoms with Crippen LogP contribution in [-0.4, -0.2) is 26.4 Å². The van der Waals surface area contributed by atoms with Gasteiger partial charge in [-0.3, -0.25) is 9.36 Å². The Kier molecular flexibility index (Phi) is 7.58. The van der Waals surface area contributed by atoms with Crippen molar-refractivity contribution in [3.05, 3.63) is 101 Å². The van der Waals surface area contributed by atoms with Crippen LogP contribution in [0.5, 0.6) is 0 Å². The van der Waals surface area contributed by atoms with Gasteiger partial charge >= 0.3 is 0 Å². The molecule has 0 aliphatic rings. The summed E-state index contributed by atoms with van der Waals surface area (Å²) >= 11 is 1.40. The van der Waals surface area contributed by atoms with Gasteiger partial charge in [0.15, 0.2) is 5.16 Å². The average Bonchev–Trinajstić information content (AvgIpc) is 3.26. The molecule has 0 fully saturated rings. The minimum atomic E-state index is -0.0543. The number of carbonyl (C=O) groups excluding carboxylic acids is 1. The van der Waals surface area contributed by atoms with Gasteiger partial charge in [0.05, 0.1) is 5.75 Å². The Morgan fingerprint density at radius 1 is 0.848 bits per heavy atom. The summed E-state index contributed by atoms with van der Waals surface area (Å²) in [6, 6.07) is 26.6. The molecule has 168 valence electrons. The molecule has 0 aliphatic carbocycles. The maximum Gasteiger partial charge on any atom is 0.234 e. The fourth-order valence-electron chi connectivity index (χ4n) is 3.69. The van der Waals surface area contributed by atoms with Gasteiger partial charge in [0.1, 0.15) is 5.82 Å². The smallest absolute Gasteiger partial charge is 0.234 e. The number of hydrogen-bond donors (Lipinski definition) is 1. The van der Waals surface area contributed by atoms with E-state index in [2.05, 4.69) is 70.3 Å². The molecule has 1 N–H and O–H groups in total. The van der Waals surface area contributed by atoms with Crippen LogP contribution in [0, 0.1) is 0 Å². The van der Waals surface area contributed by atoms with Crippen LogP contribution in [0.15, 0.2) is 84.0 Å². The average molecular weight is 457 g/mol. The first-order valence-electron chi connectivity index (χ1n) is 11.3. The van der Waals surface area contributed by atoms with Crippen molar-refractivity contribution in [2.75, 3.05) is 11.1 Å². The molecule has 0 atom stereocenters. The van der Waals surface area contributed by atoms with Gasteiger partial charge in [-0.2, -0.15) is 0 Å². The van der Waals surface area contributed by atoms with Crippen LogP contribution in [0.4, 0.5) is 5.69 Å². The van der Waals surface area contributed by atoms with Crippen molar-refractivity contribution in [2.24, 2.45) is 0 Å². The zero-order valence-corrected chi connectivity index (χ0v) is 19.8. The van der Waals surface area contributed by atoms with Gasteiger partial charge in [0.25, 0.3) is 0 Å². The van der Waals surface area contributed by atoms with Crippen LogP contribution in [-0.2, 0) is 24.1 Å². The molecule has 1 heterocycles. The lowest BCUT2D eigenvalue weighted by Crippen LogP contribution is -2.15. The Morgan fingerprint density at radius 3 is 2.30 bits per heavy atom. The summed E-state index contributed by atoms with van der Waals surface area (Å²) in [6.45, 7) is 4.23. The number of thioether (sulfide) groups is 1. The third-order valence-electron chi connectivity index (χ3n) is 5.51. The Morgan fingerprint density at radius 2 is 1.58 bits per heavy atom. The zero-order valence-electron chi connectivity index (χ0n) is 19.0. The number of nitrogens with one attached hydrogen (secondary N) is 1. The van der Waals surface area contributed by atoms with Gasteiger partial charge in [0.2, 0.25) is 5.91 Å². The van der Waals surface area contributed by atoms with Crippen molar-refractivity contribution in [1.29, 1.82) is 0 Å². The van der Waals surface area contributed by atoms with Gasteiger partial charge in [0, 0.05) is 17.8 Å². The molecule has 0 radical (unpaired) electrons. The second-order valence-electron chi connectivity index (χ2n) is 7.76. The van der Waals surface area contributed by atoms with Crippen LogP contribution < -0.4 is 5.32 Å². The molecule has 5 nitrogen and oxygen atoms in total. The van der Waals surface area contributed by atoms with E-state index >= 15 is 0 Å². The predicted octanol–water partition coefficient (Wildman–Crippen LogP) is 5.71. The number of benzene rings is 3. The van der Waals surface area contributed by atoms with Crippen molar-refractivity contribution in [1.82, 2.24) is 14.8 Å². The van der Waals surface area contributed by atoms with Gasteiger partial charge < -0.3 is 5.32 Å². The largest absolute Gasteiger partial charge is 0.325 e. The first kappa shape index (κ1) is 22.8. The summed E-state index contributed by atoms with van der Waals surface area (Å²) in [6.07, 6.45) is 2.52. The molecule has 0 aliphatic heterocycles. The van der Waals surface area contributed by atoms with E-state index in [4.69, 9.17) is 0 Å². The first-order valence-corrected chi connectivity index (χ1v) is 12.2. The predicted molar refractivity (Wildman–Crippen MR) is 135 cm³/mol. The minimum absolute atomic E-state index is 0.0543. The highest BCUT2D eigenvalue weighted by Crippen LogP contribution is 2.25. The summed E-state index contributed by atoms with van der Waals surface area (Å²) < 4.78 is 2.06. The van der Waals surface area contributed by atoms with Crippen LogP contribution in [0.3, 0.4) is 0 Å². The summed E-state index contributed by atoms with van der Waals surface area (Å²) in [5, 5.41) is 12.7. The number of aromatic nitrogens is 3. The number of rotatable bonds is 9. The Bertz CT molecular complexity index is 1200. The quantitative estimate of drug-likeness (QED) is 0.328. The third kappa shape index (κ3) is 5.71. The van der Waals surface area contributed by atoms with E-state index in [9.17, 15) is 4.79 Å². The summed E-state index contributed by atoms with van der Waals surface area (Å²) in [5.74, 6) is 1.06. The summed E-state index contributed by atoms with van der Waals surface area (Å²) in [5.41, 5.74) is 5.44. The highest BCUT2D eigenvalue weighted by molar-refractivity contribution is 7.99. The molecular weight excluding hydrogens is 428 g/mol. The van der Waals surface area contributed by atoms with Crippen LogP contribution >= 0.6 is 11.8 Å². The SMILES string of the molecule is CCc1ccc(-n2c(Cc3ccccc3)nnc2SCC(=O)Nc2ccccc2CC)cc1. The van der Waals surface area contributed by atoms with Crippen molar-refractivity contribution >= 4 is 23.4 Å². The standard InChI is InChI=1S/C27H28N4OS/c1-3-20-14-16-23(17-15-20)31-25(18-21-10-6-5-7-11-21)29-30-27(31)33-19-26(32)28-24-13-9-8-12-22(24)4-2/h5-17H,3-4,18-19H2,1-2H3,(H,28,32). The topological polar surface area (TPSA) is 59.8 Å². The molecule has 0 unspecified atom stereocenters. The van der Waals surface area contributed by atoms with Crippen molar-refractivity contribution < 1.29 is 4.79 Å². The highest BCUT2D eigenvalue weighted by atomic mass is 32.2. The molecule has 0 bridgehead atoms. The summed E-state index contributed by atoms with van der Waals surface area (Å²) in [4.78, 5) is 12.7. The number of nitrogens with zero attached hydrogens (tertiary/aromatic N) is 3. The molecular formula is C27H28N4OS. The second-order valence-corrected chi connectivity index (χ2v) is 8.71. The van der Waals surface area contributed by atoms with Crippen LogP contribution in [0.1, 0.15) is 36.4 Å². The molecule has 3 aromatic carbocycles. The summed E-state index contributed by atoms with van der Waals surface area (Å²) in [7, 11) is 0. The Hall–Kier alpha value is -3.38. The maximum absolute atomic E-state index is 12.7. The lowest BCUT2D eigenvalue weighted by Gasteiger charge is -2.12. The fraction of sp³-hybridized carbons (Fsp3) is 0.222. The van der Waals surface area contributed by atoms with E-state index in [0.29, 0.717) is 11.6 Å². The van der Waals surface area contributed by atoms with E-state index in [-0.39, 0.29) is 11.7 Å². The fourth-order valence-corrected chi connectivity index (χ4v) is 4.46. The zero-order chi connectivity index (χ0) is 23.0. The molecule has 6 heteroatoms. The molecule has 4 rings (SSSR count). The van der Waals surface area contributed by atoms with E-state index in [1.54, 1.807) is 0 Å². The van der Waals surface area contributed by atoms with Crippen molar-refractivity contribution in [2.45, 2.75) is 38.3 Å². The minimum Gasteiger partial charge on any atom is -0.325 e. The lowest BCUT2D eigenvalue weighted by atomic mass is 10.1. The highest BCUT2D eigenvalue weighted by Gasteiger charge is 2.17. The molecule has 33 heavy (non-hydrogen) atoms. The monoisotopic (exact) mass is 456 g/mol. The lowest BCUT2D eigenvalue weighted by molar-refractivity contribution is -0.113. The number of carbonyl (C=O) groups is 1. The van der Waals surface area contributed by atoms with Crippen LogP contribution in [0.25, 0.3) is 5.69 Å².